The molecule has 2 heterocycles. The number of nitrogens with zero attached hydrogens (tertiary/aromatic N) is 3. The quantitative estimate of drug-likeness (QED) is 0.713. The van der Waals surface area contributed by atoms with Gasteiger partial charge in [-0.05, 0) is 0 Å². The Morgan fingerprint density at radius 3 is 3.13 bits per heavy atom. The fourth-order valence-corrected chi connectivity index (χ4v) is 1.77. The van der Waals surface area contributed by atoms with Gasteiger partial charge < -0.3 is 15.2 Å². The van der Waals surface area contributed by atoms with Crippen LogP contribution in [0, 0.1) is 0 Å². The van der Waals surface area contributed by atoms with Crippen LogP contribution in [0.25, 0.3) is 0 Å². The van der Waals surface area contributed by atoms with E-state index < -0.39 is 0 Å². The molecule has 1 aromatic rings. The highest BCUT2D eigenvalue weighted by Crippen LogP contribution is 2.10. The first-order chi connectivity index (χ1) is 7.16. The fourth-order valence-electron chi connectivity index (χ4n) is 1.65. The second-order valence-corrected chi connectivity index (χ2v) is 4.02. The SMILES string of the molecule is NC(=S)CC(=O)N1CCn2ccnc2C1. The average molecular weight is 224 g/mol. The topological polar surface area (TPSA) is 64.2 Å². The summed E-state index contributed by atoms with van der Waals surface area (Å²) in [6, 6.07) is 0. The number of carbonyl (C=O) groups excluding carboxylic acids is 1. The molecule has 0 bridgehead atoms. The largest absolute Gasteiger partial charge is 0.393 e. The highest BCUT2D eigenvalue weighted by molar-refractivity contribution is 7.80. The van der Waals surface area contributed by atoms with Gasteiger partial charge in [0.25, 0.3) is 0 Å². The summed E-state index contributed by atoms with van der Waals surface area (Å²) >= 11 is 4.71. The van der Waals surface area contributed by atoms with Gasteiger partial charge in [-0.3, -0.25) is 4.79 Å². The Hall–Kier alpha value is -1.43. The number of aromatic nitrogens is 2. The lowest BCUT2D eigenvalue weighted by atomic mass is 10.3. The van der Waals surface area contributed by atoms with Crippen LogP contribution in [-0.4, -0.2) is 31.9 Å². The molecule has 0 unspecified atom stereocenters. The third-order valence-electron chi connectivity index (χ3n) is 2.42. The molecule has 0 atom stereocenters. The van der Waals surface area contributed by atoms with E-state index in [0.717, 1.165) is 12.4 Å². The summed E-state index contributed by atoms with van der Waals surface area (Å²) in [5.74, 6) is 0.897. The van der Waals surface area contributed by atoms with Crippen molar-refractivity contribution in [2.24, 2.45) is 5.73 Å². The minimum absolute atomic E-state index is 0.0169. The van der Waals surface area contributed by atoms with E-state index in [2.05, 4.69) is 4.98 Å². The predicted octanol–water partition coefficient (Wildman–Crippen LogP) is -0.0985. The Labute approximate surface area is 92.9 Å². The third kappa shape index (κ3) is 2.15. The second-order valence-electron chi connectivity index (χ2n) is 3.50. The van der Waals surface area contributed by atoms with Gasteiger partial charge in [-0.1, -0.05) is 12.2 Å². The molecule has 2 N–H and O–H groups in total. The zero-order valence-electron chi connectivity index (χ0n) is 8.22. The van der Waals surface area contributed by atoms with Gasteiger partial charge >= 0.3 is 0 Å². The van der Waals surface area contributed by atoms with Crippen molar-refractivity contribution in [2.75, 3.05) is 6.54 Å². The van der Waals surface area contributed by atoms with Crippen LogP contribution < -0.4 is 5.73 Å². The van der Waals surface area contributed by atoms with Gasteiger partial charge in [-0.2, -0.15) is 0 Å². The fraction of sp³-hybridized carbons (Fsp3) is 0.444. The molecule has 1 amide bonds. The molecule has 0 aliphatic carbocycles. The molecule has 15 heavy (non-hydrogen) atoms. The maximum Gasteiger partial charge on any atom is 0.229 e. The highest BCUT2D eigenvalue weighted by Gasteiger charge is 2.21. The maximum atomic E-state index is 11.7. The monoisotopic (exact) mass is 224 g/mol. The first-order valence-electron chi connectivity index (χ1n) is 4.73. The molecule has 0 fully saturated rings. The minimum atomic E-state index is -0.0169. The van der Waals surface area contributed by atoms with E-state index in [9.17, 15) is 4.79 Å². The van der Waals surface area contributed by atoms with Crippen LogP contribution in [0.3, 0.4) is 0 Å². The Morgan fingerprint density at radius 1 is 1.60 bits per heavy atom. The first kappa shape index (κ1) is 10.1. The van der Waals surface area contributed by atoms with E-state index in [1.165, 1.54) is 0 Å². The second kappa shape index (κ2) is 3.98. The van der Waals surface area contributed by atoms with Crippen LogP contribution in [0.2, 0.25) is 0 Å². The van der Waals surface area contributed by atoms with E-state index in [0.29, 0.717) is 13.1 Å². The van der Waals surface area contributed by atoms with E-state index in [4.69, 9.17) is 18.0 Å². The lowest BCUT2D eigenvalue weighted by molar-refractivity contribution is -0.131. The lowest BCUT2D eigenvalue weighted by Crippen LogP contribution is -2.39. The summed E-state index contributed by atoms with van der Waals surface area (Å²) in [6.07, 6.45) is 3.82. The molecule has 5 nitrogen and oxygen atoms in total. The zero-order valence-corrected chi connectivity index (χ0v) is 9.04. The Kier molecular flexibility index (Phi) is 2.68. The molecule has 0 saturated carbocycles. The van der Waals surface area contributed by atoms with Crippen molar-refractivity contribution >= 4 is 23.1 Å². The smallest absolute Gasteiger partial charge is 0.229 e. The van der Waals surface area contributed by atoms with Crippen molar-refractivity contribution in [2.45, 2.75) is 19.5 Å². The summed E-state index contributed by atoms with van der Waals surface area (Å²) in [5, 5.41) is 0. The average Bonchev–Trinajstić information content (AvgIpc) is 2.62. The van der Waals surface area contributed by atoms with Crippen LogP contribution in [0.5, 0.6) is 0 Å². The Morgan fingerprint density at radius 2 is 2.40 bits per heavy atom. The zero-order chi connectivity index (χ0) is 10.8. The molecule has 0 aromatic carbocycles. The number of amides is 1. The molecule has 1 aliphatic heterocycles. The van der Waals surface area contributed by atoms with Crippen LogP contribution >= 0.6 is 12.2 Å². The van der Waals surface area contributed by atoms with Crippen molar-refractivity contribution in [3.8, 4) is 0 Å². The van der Waals surface area contributed by atoms with Crippen LogP contribution in [0.1, 0.15) is 12.2 Å². The van der Waals surface area contributed by atoms with Gasteiger partial charge in [-0.15, -0.1) is 0 Å². The van der Waals surface area contributed by atoms with Crippen molar-refractivity contribution in [3.05, 3.63) is 18.2 Å². The number of rotatable bonds is 2. The van der Waals surface area contributed by atoms with E-state index in [1.807, 2.05) is 10.8 Å². The first-order valence-corrected chi connectivity index (χ1v) is 5.14. The Balaban J connectivity index is 2.03. The number of fused-ring (bicyclic) bond motifs is 1. The van der Waals surface area contributed by atoms with Gasteiger partial charge in [0.15, 0.2) is 0 Å². The number of imidazole rings is 1. The number of thiocarbonyl (C=S) groups is 1. The summed E-state index contributed by atoms with van der Waals surface area (Å²) in [7, 11) is 0. The minimum Gasteiger partial charge on any atom is -0.393 e. The predicted molar refractivity (Wildman–Crippen MR) is 59.0 cm³/mol. The van der Waals surface area contributed by atoms with Gasteiger partial charge in [-0.25, -0.2) is 4.98 Å². The van der Waals surface area contributed by atoms with Crippen molar-refractivity contribution < 1.29 is 4.79 Å². The lowest BCUT2D eigenvalue weighted by Gasteiger charge is -2.27. The van der Waals surface area contributed by atoms with Crippen molar-refractivity contribution in [3.63, 3.8) is 0 Å². The summed E-state index contributed by atoms with van der Waals surface area (Å²) in [6.45, 7) is 2.04. The molecule has 6 heteroatoms. The molecule has 0 radical (unpaired) electrons. The molecule has 1 aliphatic rings. The van der Waals surface area contributed by atoms with E-state index >= 15 is 0 Å². The molecule has 80 valence electrons. The van der Waals surface area contributed by atoms with Gasteiger partial charge in [0, 0.05) is 25.5 Å². The van der Waals surface area contributed by atoms with Crippen LogP contribution in [-0.2, 0) is 17.9 Å². The Bertz CT molecular complexity index is 401. The highest BCUT2D eigenvalue weighted by atomic mass is 32.1. The summed E-state index contributed by atoms with van der Waals surface area (Å²) in [4.78, 5) is 17.8. The molecular formula is C9H12N4OS. The van der Waals surface area contributed by atoms with E-state index in [-0.39, 0.29) is 17.3 Å². The summed E-state index contributed by atoms with van der Waals surface area (Å²) in [5.41, 5.74) is 5.34. The molecule has 0 saturated heterocycles. The van der Waals surface area contributed by atoms with Gasteiger partial charge in [0.05, 0.1) is 18.0 Å². The van der Waals surface area contributed by atoms with Crippen LogP contribution in [0.15, 0.2) is 12.4 Å². The third-order valence-corrected chi connectivity index (χ3v) is 2.57. The van der Waals surface area contributed by atoms with Crippen molar-refractivity contribution in [1.82, 2.24) is 14.5 Å². The number of carbonyl (C=O) groups is 1. The molecular weight excluding hydrogens is 212 g/mol. The molecule has 2 rings (SSSR count). The number of hydrogen-bond acceptors (Lipinski definition) is 3. The number of hydrogen-bond donors (Lipinski definition) is 1. The van der Waals surface area contributed by atoms with Crippen LogP contribution in [0.4, 0.5) is 0 Å². The number of nitrogens with two attached hydrogens (primary N) is 1. The molecule has 1 aromatic heterocycles. The standard InChI is InChI=1S/C9H12N4OS/c10-7(15)5-9(14)13-4-3-12-2-1-11-8(12)6-13/h1-2H,3-6H2,(H2,10,15). The van der Waals surface area contributed by atoms with Crippen molar-refractivity contribution in [1.29, 1.82) is 0 Å². The van der Waals surface area contributed by atoms with E-state index in [1.54, 1.807) is 11.1 Å². The normalized spacial score (nSPS) is 14.8. The maximum absolute atomic E-state index is 11.7. The van der Waals surface area contributed by atoms with Gasteiger partial charge in [0.2, 0.25) is 5.91 Å². The van der Waals surface area contributed by atoms with Gasteiger partial charge in [0.1, 0.15) is 5.82 Å². The molecule has 0 spiro atoms. The summed E-state index contributed by atoms with van der Waals surface area (Å²) < 4.78 is 2.05.